The Morgan fingerprint density at radius 2 is 2.17 bits per heavy atom. The summed E-state index contributed by atoms with van der Waals surface area (Å²) in [6.45, 7) is 0.312. The SMILES string of the molecule is C#CCCCCCOCC(=O)O. The summed E-state index contributed by atoms with van der Waals surface area (Å²) >= 11 is 0. The van der Waals surface area contributed by atoms with Gasteiger partial charge in [0.05, 0.1) is 0 Å². The number of ether oxygens (including phenoxy) is 1. The highest BCUT2D eigenvalue weighted by atomic mass is 16.5. The van der Waals surface area contributed by atoms with Gasteiger partial charge in [-0.3, -0.25) is 0 Å². The summed E-state index contributed by atoms with van der Waals surface area (Å²) in [4.78, 5) is 9.98. The van der Waals surface area contributed by atoms with Gasteiger partial charge in [-0.05, 0) is 12.8 Å². The minimum Gasteiger partial charge on any atom is -0.480 e. The molecule has 0 radical (unpaired) electrons. The molecule has 3 heteroatoms. The number of carbonyl (C=O) groups is 1. The maximum absolute atomic E-state index is 9.98. The van der Waals surface area contributed by atoms with Crippen LogP contribution >= 0.6 is 0 Å². The molecule has 0 saturated heterocycles. The van der Waals surface area contributed by atoms with E-state index in [1.165, 1.54) is 0 Å². The molecule has 68 valence electrons. The Bertz CT molecular complexity index is 158. The van der Waals surface area contributed by atoms with E-state index >= 15 is 0 Å². The van der Waals surface area contributed by atoms with Crippen LogP contribution in [0.5, 0.6) is 0 Å². The molecule has 0 atom stereocenters. The monoisotopic (exact) mass is 170 g/mol. The van der Waals surface area contributed by atoms with Crippen molar-refractivity contribution >= 4 is 5.97 Å². The van der Waals surface area contributed by atoms with E-state index in [0.29, 0.717) is 6.61 Å². The summed E-state index contributed by atoms with van der Waals surface area (Å²) in [5.74, 6) is 1.62. The summed E-state index contributed by atoms with van der Waals surface area (Å²) in [5, 5.41) is 8.20. The molecular formula is C9H14O3. The lowest BCUT2D eigenvalue weighted by Gasteiger charge is -1.99. The topological polar surface area (TPSA) is 46.5 Å². The van der Waals surface area contributed by atoms with Gasteiger partial charge in [0, 0.05) is 13.0 Å². The fourth-order valence-corrected chi connectivity index (χ4v) is 0.767. The van der Waals surface area contributed by atoms with Crippen LogP contribution in [0.3, 0.4) is 0 Å². The first-order valence-electron chi connectivity index (χ1n) is 4.00. The van der Waals surface area contributed by atoms with E-state index in [9.17, 15) is 4.79 Å². The predicted molar refractivity (Wildman–Crippen MR) is 45.8 cm³/mol. The van der Waals surface area contributed by atoms with Crippen LogP contribution in [0.1, 0.15) is 25.7 Å². The Hall–Kier alpha value is -1.01. The van der Waals surface area contributed by atoms with Gasteiger partial charge < -0.3 is 9.84 Å². The van der Waals surface area contributed by atoms with Crippen LogP contribution in [0.4, 0.5) is 0 Å². The second-order valence-electron chi connectivity index (χ2n) is 2.46. The second-order valence-corrected chi connectivity index (χ2v) is 2.46. The maximum atomic E-state index is 9.98. The Morgan fingerprint density at radius 3 is 2.75 bits per heavy atom. The van der Waals surface area contributed by atoms with Gasteiger partial charge in [-0.2, -0.15) is 0 Å². The summed E-state index contributed by atoms with van der Waals surface area (Å²) in [5.41, 5.74) is 0. The first-order valence-corrected chi connectivity index (χ1v) is 4.00. The quantitative estimate of drug-likeness (QED) is 0.462. The van der Waals surface area contributed by atoms with E-state index in [1.807, 2.05) is 0 Å². The average molecular weight is 170 g/mol. The van der Waals surface area contributed by atoms with Gasteiger partial charge in [0.1, 0.15) is 6.61 Å². The van der Waals surface area contributed by atoms with Crippen molar-refractivity contribution in [2.75, 3.05) is 13.2 Å². The first kappa shape index (κ1) is 11.0. The van der Waals surface area contributed by atoms with E-state index in [1.54, 1.807) is 0 Å². The molecular weight excluding hydrogens is 156 g/mol. The standard InChI is InChI=1S/C9H14O3/c1-2-3-4-5-6-7-12-8-9(10)11/h1H,3-8H2,(H,10,11). The van der Waals surface area contributed by atoms with Gasteiger partial charge in [-0.1, -0.05) is 6.42 Å². The van der Waals surface area contributed by atoms with Crippen molar-refractivity contribution in [3.8, 4) is 12.3 Å². The van der Waals surface area contributed by atoms with E-state index in [-0.39, 0.29) is 6.61 Å². The van der Waals surface area contributed by atoms with Crippen molar-refractivity contribution in [1.82, 2.24) is 0 Å². The number of unbranched alkanes of at least 4 members (excludes halogenated alkanes) is 3. The van der Waals surface area contributed by atoms with E-state index in [4.69, 9.17) is 16.3 Å². The summed E-state index contributed by atoms with van der Waals surface area (Å²) in [7, 11) is 0. The molecule has 0 aliphatic rings. The fourth-order valence-electron chi connectivity index (χ4n) is 0.767. The molecule has 1 N–H and O–H groups in total. The van der Waals surface area contributed by atoms with Crippen LogP contribution in [0.2, 0.25) is 0 Å². The summed E-state index contributed by atoms with van der Waals surface area (Å²) in [6, 6.07) is 0. The highest BCUT2D eigenvalue weighted by Crippen LogP contribution is 1.98. The van der Waals surface area contributed by atoms with Crippen molar-refractivity contribution in [3.63, 3.8) is 0 Å². The molecule has 0 rings (SSSR count). The van der Waals surface area contributed by atoms with Crippen LogP contribution in [0, 0.1) is 12.3 Å². The molecule has 0 aliphatic heterocycles. The van der Waals surface area contributed by atoms with Crippen LogP contribution in [-0.2, 0) is 9.53 Å². The molecule has 0 amide bonds. The number of terminal acetylenes is 1. The lowest BCUT2D eigenvalue weighted by atomic mass is 10.2. The van der Waals surface area contributed by atoms with E-state index in [0.717, 1.165) is 25.7 Å². The number of hydrogen-bond donors (Lipinski definition) is 1. The maximum Gasteiger partial charge on any atom is 0.329 e. The van der Waals surface area contributed by atoms with Gasteiger partial charge in [0.2, 0.25) is 0 Å². The number of rotatable bonds is 7. The Balaban J connectivity index is 2.92. The Morgan fingerprint density at radius 1 is 1.42 bits per heavy atom. The van der Waals surface area contributed by atoms with Gasteiger partial charge in [-0.25, -0.2) is 4.79 Å². The lowest BCUT2D eigenvalue weighted by molar-refractivity contribution is -0.142. The smallest absolute Gasteiger partial charge is 0.329 e. The molecule has 0 aromatic heterocycles. The normalized spacial score (nSPS) is 9.25. The fraction of sp³-hybridized carbons (Fsp3) is 0.667. The zero-order chi connectivity index (χ0) is 9.23. The third kappa shape index (κ3) is 8.99. The molecule has 12 heavy (non-hydrogen) atoms. The number of carboxylic acids is 1. The van der Waals surface area contributed by atoms with Crippen LogP contribution in [0.25, 0.3) is 0 Å². The first-order chi connectivity index (χ1) is 5.77. The molecule has 0 saturated carbocycles. The second kappa shape index (κ2) is 8.09. The minimum atomic E-state index is -0.918. The van der Waals surface area contributed by atoms with Crippen molar-refractivity contribution in [1.29, 1.82) is 0 Å². The molecule has 0 heterocycles. The zero-order valence-corrected chi connectivity index (χ0v) is 7.08. The van der Waals surface area contributed by atoms with Crippen molar-refractivity contribution < 1.29 is 14.6 Å². The summed E-state index contributed by atoms with van der Waals surface area (Å²) < 4.78 is 4.82. The third-order valence-corrected chi connectivity index (χ3v) is 1.34. The average Bonchev–Trinajstić information content (AvgIpc) is 2.02. The molecule has 0 unspecified atom stereocenters. The largest absolute Gasteiger partial charge is 0.480 e. The van der Waals surface area contributed by atoms with Crippen molar-refractivity contribution in [2.24, 2.45) is 0 Å². The van der Waals surface area contributed by atoms with E-state index in [2.05, 4.69) is 5.92 Å². The minimum absolute atomic E-state index is 0.199. The van der Waals surface area contributed by atoms with E-state index < -0.39 is 5.97 Å². The Kier molecular flexibility index (Phi) is 7.41. The van der Waals surface area contributed by atoms with Crippen LogP contribution < -0.4 is 0 Å². The lowest BCUT2D eigenvalue weighted by Crippen LogP contribution is -2.07. The number of carboxylic acid groups (broad SMARTS) is 1. The number of aliphatic carboxylic acids is 1. The zero-order valence-electron chi connectivity index (χ0n) is 7.08. The summed E-state index contributed by atoms with van der Waals surface area (Å²) in [6.07, 6.45) is 8.72. The van der Waals surface area contributed by atoms with Gasteiger partial charge in [0.15, 0.2) is 0 Å². The molecule has 0 aromatic carbocycles. The molecule has 0 aromatic rings. The highest BCUT2D eigenvalue weighted by molar-refractivity contribution is 5.67. The Labute approximate surface area is 72.7 Å². The van der Waals surface area contributed by atoms with Crippen molar-refractivity contribution in [3.05, 3.63) is 0 Å². The van der Waals surface area contributed by atoms with Crippen LogP contribution in [0.15, 0.2) is 0 Å². The third-order valence-electron chi connectivity index (χ3n) is 1.34. The van der Waals surface area contributed by atoms with Gasteiger partial charge >= 0.3 is 5.97 Å². The molecule has 0 aliphatic carbocycles. The highest BCUT2D eigenvalue weighted by Gasteiger charge is 1.94. The predicted octanol–water partition coefficient (Wildman–Crippen LogP) is 1.28. The van der Waals surface area contributed by atoms with Crippen LogP contribution in [-0.4, -0.2) is 24.3 Å². The molecule has 3 nitrogen and oxygen atoms in total. The van der Waals surface area contributed by atoms with Gasteiger partial charge in [-0.15, -0.1) is 12.3 Å². The van der Waals surface area contributed by atoms with Crippen molar-refractivity contribution in [2.45, 2.75) is 25.7 Å². The van der Waals surface area contributed by atoms with Gasteiger partial charge in [0.25, 0.3) is 0 Å². The number of hydrogen-bond acceptors (Lipinski definition) is 2. The molecule has 0 fully saturated rings. The molecule has 0 bridgehead atoms. The molecule has 0 spiro atoms.